The number of benzene rings is 2. The first-order chi connectivity index (χ1) is 15.5. The average Bonchev–Trinajstić information content (AvgIpc) is 2.87. The minimum atomic E-state index is -4.44. The van der Waals surface area contributed by atoms with Crippen LogP contribution in [0.3, 0.4) is 0 Å². The average molecular weight is 467 g/mol. The van der Waals surface area contributed by atoms with E-state index in [1.54, 1.807) is 43.4 Å². The van der Waals surface area contributed by atoms with E-state index in [-0.39, 0.29) is 0 Å². The van der Waals surface area contributed by atoms with Gasteiger partial charge >= 0.3 is 18.4 Å². The number of amides is 3. The second kappa shape index (κ2) is 9.47. The molecule has 0 saturated heterocycles. The molecule has 1 aliphatic heterocycles. The molecule has 1 heterocycles. The number of para-hydroxylation sites is 1. The molecule has 7 nitrogen and oxygen atoms in total. The number of nitrogens with zero attached hydrogens (tertiary/aromatic N) is 1. The lowest BCUT2D eigenvalue weighted by molar-refractivity contribution is -0.133. The second-order valence-electron chi connectivity index (χ2n) is 7.41. The normalized spacial score (nSPS) is 16.4. The van der Waals surface area contributed by atoms with Crippen LogP contribution >= 0.6 is 0 Å². The first kappa shape index (κ1) is 24.0. The van der Waals surface area contributed by atoms with Gasteiger partial charge in [-0.2, -0.15) is 8.78 Å². The Morgan fingerprint density at radius 3 is 2.36 bits per heavy atom. The third-order valence-corrected chi connectivity index (χ3v) is 5.13. The van der Waals surface area contributed by atoms with E-state index in [2.05, 4.69) is 5.32 Å². The van der Waals surface area contributed by atoms with Crippen molar-refractivity contribution in [1.82, 2.24) is 10.6 Å². The maximum absolute atomic E-state index is 13.2. The van der Waals surface area contributed by atoms with Gasteiger partial charge in [-0.25, -0.2) is 13.6 Å². The van der Waals surface area contributed by atoms with Crippen LogP contribution in [0.15, 0.2) is 48.5 Å². The Hall–Kier alpha value is -3.63. The van der Waals surface area contributed by atoms with Gasteiger partial charge in [0.2, 0.25) is 0 Å². The van der Waals surface area contributed by atoms with Crippen LogP contribution in [0.4, 0.5) is 28.0 Å². The summed E-state index contributed by atoms with van der Waals surface area (Å²) in [5, 5.41) is 4.02. The molecule has 176 valence electrons. The minimum Gasteiger partial charge on any atom is -0.436 e. The van der Waals surface area contributed by atoms with Crippen LogP contribution in [0, 0.1) is 0 Å². The molecule has 0 saturated carbocycles. The van der Waals surface area contributed by atoms with Gasteiger partial charge in [0.15, 0.2) is 6.10 Å². The van der Waals surface area contributed by atoms with Crippen molar-refractivity contribution in [1.29, 1.82) is 0 Å². The van der Waals surface area contributed by atoms with E-state index < -0.39 is 48.9 Å². The number of likely N-dealkylation sites (N-methyl/N-ethyl adjacent to an activating group) is 1. The molecule has 2 atom stereocenters. The van der Waals surface area contributed by atoms with E-state index in [9.17, 15) is 31.9 Å². The fourth-order valence-corrected chi connectivity index (χ4v) is 3.36. The van der Waals surface area contributed by atoms with Gasteiger partial charge in [0.25, 0.3) is 11.8 Å². The van der Waals surface area contributed by atoms with Crippen molar-refractivity contribution in [3.05, 3.63) is 54.1 Å². The molecular weight excluding hydrogens is 446 g/mol. The smallest absolute Gasteiger partial charge is 0.408 e. The molecular formula is C22H21F4N3O4. The van der Waals surface area contributed by atoms with Gasteiger partial charge in [-0.15, -0.1) is 0 Å². The van der Waals surface area contributed by atoms with E-state index in [4.69, 9.17) is 4.74 Å². The van der Waals surface area contributed by atoms with E-state index in [0.717, 1.165) is 18.1 Å². The van der Waals surface area contributed by atoms with Gasteiger partial charge in [-0.1, -0.05) is 42.5 Å². The van der Waals surface area contributed by atoms with Gasteiger partial charge in [0.05, 0.1) is 12.2 Å². The van der Waals surface area contributed by atoms with Crippen molar-refractivity contribution in [3.8, 4) is 11.1 Å². The summed E-state index contributed by atoms with van der Waals surface area (Å²) >= 11 is 0. The number of ether oxygens (including phenoxy) is 1. The van der Waals surface area contributed by atoms with Crippen LogP contribution in [0.2, 0.25) is 0 Å². The number of nitrogens with one attached hydrogen (secondary N) is 2. The predicted molar refractivity (Wildman–Crippen MR) is 111 cm³/mol. The zero-order valence-corrected chi connectivity index (χ0v) is 17.7. The molecule has 0 bridgehead atoms. The zero-order valence-electron chi connectivity index (χ0n) is 17.7. The lowest BCUT2D eigenvalue weighted by Gasteiger charge is -2.24. The second-order valence-corrected chi connectivity index (χ2v) is 7.41. The molecule has 3 amide bonds. The van der Waals surface area contributed by atoms with Crippen molar-refractivity contribution in [2.75, 3.05) is 18.5 Å². The number of rotatable bonds is 6. The Morgan fingerprint density at radius 1 is 1.09 bits per heavy atom. The highest BCUT2D eigenvalue weighted by molar-refractivity contribution is 6.06. The molecule has 1 unspecified atom stereocenters. The Kier molecular flexibility index (Phi) is 6.89. The van der Waals surface area contributed by atoms with Crippen molar-refractivity contribution >= 4 is 23.6 Å². The quantitative estimate of drug-likeness (QED) is 0.637. The van der Waals surface area contributed by atoms with E-state index in [0.29, 0.717) is 11.3 Å². The van der Waals surface area contributed by atoms with Crippen molar-refractivity contribution < 1.29 is 36.7 Å². The highest BCUT2D eigenvalue weighted by Gasteiger charge is 2.41. The molecule has 0 aromatic heterocycles. The number of carbonyl (C=O) groups is 3. The summed E-state index contributed by atoms with van der Waals surface area (Å²) in [6, 6.07) is 13.0. The van der Waals surface area contributed by atoms with Crippen LogP contribution in [0.25, 0.3) is 11.1 Å². The minimum absolute atomic E-state index is 0.450. The maximum Gasteiger partial charge on any atom is 0.408 e. The van der Waals surface area contributed by atoms with Crippen molar-refractivity contribution in [2.45, 2.75) is 31.4 Å². The summed E-state index contributed by atoms with van der Waals surface area (Å²) in [5.74, 6) is -5.77. The van der Waals surface area contributed by atoms with Crippen LogP contribution < -0.4 is 15.5 Å². The van der Waals surface area contributed by atoms with Gasteiger partial charge in [0, 0.05) is 12.6 Å². The van der Waals surface area contributed by atoms with Crippen molar-refractivity contribution in [3.63, 3.8) is 0 Å². The topological polar surface area (TPSA) is 87.7 Å². The predicted octanol–water partition coefficient (Wildman–Crippen LogP) is 3.50. The SMILES string of the molecule is C[C@H](OC(=O)NCC(F)(F)C(F)F)C(=O)NC1C(=O)N(C)c2ccccc2-c2ccccc21. The first-order valence-electron chi connectivity index (χ1n) is 9.89. The standard InChI is InChI=1S/C22H21F4N3O4/c1-12(33-21(32)27-11-22(25,26)20(23)24)18(30)28-17-15-9-4-3-7-13(15)14-8-5-6-10-16(14)29(2)19(17)31/h3-10,12,17,20H,11H2,1-2H3,(H,27,32)(H,28,30)/t12-,17?/m0/s1. The lowest BCUT2D eigenvalue weighted by Crippen LogP contribution is -2.46. The molecule has 2 aromatic carbocycles. The van der Waals surface area contributed by atoms with E-state index in [1.165, 1.54) is 10.2 Å². The van der Waals surface area contributed by atoms with Crippen LogP contribution in [0.1, 0.15) is 18.5 Å². The fraction of sp³-hybridized carbons (Fsp3) is 0.318. The Morgan fingerprint density at radius 2 is 1.70 bits per heavy atom. The molecule has 0 aliphatic carbocycles. The fourth-order valence-electron chi connectivity index (χ4n) is 3.36. The molecule has 11 heteroatoms. The molecule has 1 aliphatic rings. The summed E-state index contributed by atoms with van der Waals surface area (Å²) in [7, 11) is 1.56. The number of carbonyl (C=O) groups excluding carboxylic acids is 3. The number of halogens is 4. The molecule has 0 fully saturated rings. The monoisotopic (exact) mass is 467 g/mol. The van der Waals surface area contributed by atoms with Gasteiger partial charge in [0.1, 0.15) is 6.04 Å². The molecule has 33 heavy (non-hydrogen) atoms. The number of alkyl carbamates (subject to hydrolysis) is 1. The summed E-state index contributed by atoms with van der Waals surface area (Å²) in [6.07, 6.45) is -6.95. The number of alkyl halides is 4. The van der Waals surface area contributed by atoms with Crippen molar-refractivity contribution in [2.24, 2.45) is 0 Å². The molecule has 2 N–H and O–H groups in total. The third kappa shape index (κ3) is 5.07. The molecule has 0 radical (unpaired) electrons. The highest BCUT2D eigenvalue weighted by Crippen LogP contribution is 2.39. The van der Waals surface area contributed by atoms with Gasteiger partial charge in [-0.3, -0.25) is 9.59 Å². The first-order valence-corrected chi connectivity index (χ1v) is 9.89. The number of hydrogen-bond acceptors (Lipinski definition) is 4. The van der Waals surface area contributed by atoms with E-state index >= 15 is 0 Å². The number of hydrogen-bond donors (Lipinski definition) is 2. The van der Waals surface area contributed by atoms with Gasteiger partial charge in [-0.05, 0) is 24.1 Å². The summed E-state index contributed by atoms with van der Waals surface area (Å²) in [5.41, 5.74) is 2.65. The Labute approximate surface area is 186 Å². The van der Waals surface area contributed by atoms with Crippen LogP contribution in [-0.4, -0.2) is 50.0 Å². The molecule has 2 aromatic rings. The third-order valence-electron chi connectivity index (χ3n) is 5.13. The number of fused-ring (bicyclic) bond motifs is 3. The maximum atomic E-state index is 13.2. The van der Waals surface area contributed by atoms with E-state index in [1.807, 2.05) is 12.1 Å². The number of anilines is 1. The highest BCUT2D eigenvalue weighted by atomic mass is 19.3. The largest absolute Gasteiger partial charge is 0.436 e. The Bertz CT molecular complexity index is 1060. The summed E-state index contributed by atoms with van der Waals surface area (Å²) < 4.78 is 55.0. The Balaban J connectivity index is 1.75. The summed E-state index contributed by atoms with van der Waals surface area (Å²) in [6.45, 7) is -0.499. The van der Waals surface area contributed by atoms with Crippen LogP contribution in [0.5, 0.6) is 0 Å². The zero-order chi connectivity index (χ0) is 24.3. The molecule has 3 rings (SSSR count). The van der Waals surface area contributed by atoms with Gasteiger partial charge < -0.3 is 20.3 Å². The molecule has 0 spiro atoms. The summed E-state index contributed by atoms with van der Waals surface area (Å²) in [4.78, 5) is 38.9. The van der Waals surface area contributed by atoms with Crippen LogP contribution in [-0.2, 0) is 14.3 Å². The lowest BCUT2D eigenvalue weighted by atomic mass is 9.95.